The topological polar surface area (TPSA) is 85.9 Å². The number of amides is 2. The van der Waals surface area contributed by atoms with Crippen molar-refractivity contribution < 1.29 is 9.53 Å². The highest BCUT2D eigenvalue weighted by atomic mass is 16.5. The van der Waals surface area contributed by atoms with Crippen LogP contribution in [0, 0.1) is 0 Å². The molecule has 1 aromatic carbocycles. The molecule has 9 heteroatoms. The lowest BCUT2D eigenvalue weighted by Crippen LogP contribution is -2.44. The van der Waals surface area contributed by atoms with Crippen molar-refractivity contribution in [2.75, 3.05) is 63.2 Å². The van der Waals surface area contributed by atoms with Crippen LogP contribution in [-0.4, -0.2) is 90.9 Å². The van der Waals surface area contributed by atoms with Crippen molar-refractivity contribution in [3.8, 4) is 11.4 Å². The number of morpholine rings is 1. The fraction of sp³-hybridized carbons (Fsp3) is 0.577. The van der Waals surface area contributed by atoms with E-state index in [9.17, 15) is 4.79 Å². The standard InChI is InChI=1S/C26H37N7O2/c1-19-18-35-15-14-33(19)24-16-23(17-32-11-3-10-31(2)12-13-32)27-25(30-24)20-4-6-21(7-5-20)28-26(34)29-22-8-9-22/h4-7,16,19,22H,3,8-15,17-18H2,1-2H3,(H2,28,29,34)/t19-/m0/s1. The first-order chi connectivity index (χ1) is 17.0. The lowest BCUT2D eigenvalue weighted by molar-refractivity contribution is 0.0985. The van der Waals surface area contributed by atoms with Gasteiger partial charge in [0, 0.05) is 49.5 Å². The normalized spacial score (nSPS) is 22.0. The SMILES string of the molecule is C[C@H]1COCCN1c1cc(CN2CCCN(C)CC2)nc(-c2ccc(NC(=O)NC3CC3)cc2)n1. The Hall–Kier alpha value is -2.75. The summed E-state index contributed by atoms with van der Waals surface area (Å²) in [6.45, 7) is 9.57. The largest absolute Gasteiger partial charge is 0.377 e. The number of ether oxygens (including phenoxy) is 1. The molecule has 3 heterocycles. The second-order valence-electron chi connectivity index (χ2n) is 10.0. The highest BCUT2D eigenvalue weighted by Gasteiger charge is 2.24. The van der Waals surface area contributed by atoms with E-state index in [0.717, 1.165) is 80.7 Å². The minimum absolute atomic E-state index is 0.148. The Kier molecular flexibility index (Phi) is 7.46. The predicted molar refractivity (Wildman–Crippen MR) is 138 cm³/mol. The van der Waals surface area contributed by atoms with Gasteiger partial charge in [0.1, 0.15) is 5.82 Å². The van der Waals surface area contributed by atoms with Crippen LogP contribution in [0.3, 0.4) is 0 Å². The van der Waals surface area contributed by atoms with Crippen LogP contribution < -0.4 is 15.5 Å². The predicted octanol–water partition coefficient (Wildman–Crippen LogP) is 2.79. The molecule has 2 saturated heterocycles. The van der Waals surface area contributed by atoms with E-state index in [1.165, 1.54) is 6.42 Å². The van der Waals surface area contributed by atoms with Crippen molar-refractivity contribution in [1.82, 2.24) is 25.1 Å². The number of hydrogen-bond donors (Lipinski definition) is 2. The number of urea groups is 1. The van der Waals surface area contributed by atoms with Gasteiger partial charge in [-0.3, -0.25) is 4.90 Å². The minimum Gasteiger partial charge on any atom is -0.377 e. The third kappa shape index (κ3) is 6.48. The maximum absolute atomic E-state index is 12.1. The summed E-state index contributed by atoms with van der Waals surface area (Å²) in [6, 6.07) is 10.4. The molecular weight excluding hydrogens is 442 g/mol. The van der Waals surface area contributed by atoms with E-state index in [1.54, 1.807) is 0 Å². The number of nitrogens with zero attached hydrogens (tertiary/aromatic N) is 5. The van der Waals surface area contributed by atoms with Crippen LogP contribution in [0.15, 0.2) is 30.3 Å². The van der Waals surface area contributed by atoms with Crippen molar-refractivity contribution in [2.24, 2.45) is 0 Å². The van der Waals surface area contributed by atoms with Gasteiger partial charge in [-0.2, -0.15) is 0 Å². The Balaban J connectivity index is 1.37. The van der Waals surface area contributed by atoms with Crippen molar-refractivity contribution in [3.05, 3.63) is 36.0 Å². The maximum atomic E-state index is 12.1. The lowest BCUT2D eigenvalue weighted by atomic mass is 10.1. The Morgan fingerprint density at radius 2 is 1.91 bits per heavy atom. The second-order valence-corrected chi connectivity index (χ2v) is 10.0. The van der Waals surface area contributed by atoms with E-state index >= 15 is 0 Å². The molecule has 2 aromatic rings. The van der Waals surface area contributed by atoms with Crippen molar-refractivity contribution >= 4 is 17.5 Å². The van der Waals surface area contributed by atoms with Gasteiger partial charge in [-0.1, -0.05) is 0 Å². The molecule has 2 aliphatic heterocycles. The van der Waals surface area contributed by atoms with E-state index < -0.39 is 0 Å². The van der Waals surface area contributed by atoms with Crippen LogP contribution in [-0.2, 0) is 11.3 Å². The Bertz CT molecular complexity index is 1010. The number of aromatic nitrogens is 2. The Labute approximate surface area is 207 Å². The number of rotatable bonds is 6. The summed E-state index contributed by atoms with van der Waals surface area (Å²) < 4.78 is 5.66. The molecule has 1 saturated carbocycles. The van der Waals surface area contributed by atoms with Crippen LogP contribution in [0.5, 0.6) is 0 Å². The fourth-order valence-electron chi connectivity index (χ4n) is 4.68. The highest BCUT2D eigenvalue weighted by molar-refractivity contribution is 5.89. The fourth-order valence-corrected chi connectivity index (χ4v) is 4.68. The molecule has 9 nitrogen and oxygen atoms in total. The average molecular weight is 480 g/mol. The van der Waals surface area contributed by atoms with Crippen LogP contribution in [0.2, 0.25) is 0 Å². The molecule has 2 N–H and O–H groups in total. The van der Waals surface area contributed by atoms with Gasteiger partial charge in [0.15, 0.2) is 5.82 Å². The summed E-state index contributed by atoms with van der Waals surface area (Å²) in [5, 5.41) is 5.86. The maximum Gasteiger partial charge on any atom is 0.319 e. The van der Waals surface area contributed by atoms with Crippen LogP contribution >= 0.6 is 0 Å². The van der Waals surface area contributed by atoms with Crippen molar-refractivity contribution in [1.29, 1.82) is 0 Å². The van der Waals surface area contributed by atoms with Gasteiger partial charge in [0.05, 0.1) is 24.9 Å². The molecule has 1 aromatic heterocycles. The second kappa shape index (κ2) is 10.9. The third-order valence-corrected chi connectivity index (χ3v) is 6.94. The van der Waals surface area contributed by atoms with E-state index in [4.69, 9.17) is 14.7 Å². The lowest BCUT2D eigenvalue weighted by Gasteiger charge is -2.34. The molecular formula is C26H37N7O2. The summed E-state index contributed by atoms with van der Waals surface area (Å²) in [5.74, 6) is 1.68. The van der Waals surface area contributed by atoms with Gasteiger partial charge >= 0.3 is 6.03 Å². The zero-order valence-corrected chi connectivity index (χ0v) is 20.9. The molecule has 5 rings (SSSR count). The Morgan fingerprint density at radius 3 is 2.69 bits per heavy atom. The number of hydrogen-bond acceptors (Lipinski definition) is 7. The molecule has 0 unspecified atom stereocenters. The molecule has 35 heavy (non-hydrogen) atoms. The smallest absolute Gasteiger partial charge is 0.319 e. The van der Waals surface area contributed by atoms with Crippen LogP contribution in [0.1, 0.15) is 31.9 Å². The average Bonchev–Trinajstić information content (AvgIpc) is 3.68. The zero-order chi connectivity index (χ0) is 24.2. The van der Waals surface area contributed by atoms with E-state index in [-0.39, 0.29) is 12.1 Å². The number of anilines is 2. The van der Waals surface area contributed by atoms with Crippen LogP contribution in [0.25, 0.3) is 11.4 Å². The summed E-state index contributed by atoms with van der Waals surface area (Å²) in [7, 11) is 2.19. The molecule has 0 spiro atoms. The molecule has 2 amide bonds. The monoisotopic (exact) mass is 479 g/mol. The third-order valence-electron chi connectivity index (χ3n) is 6.94. The van der Waals surface area contributed by atoms with Crippen LogP contribution in [0.4, 0.5) is 16.3 Å². The molecule has 0 radical (unpaired) electrons. The highest BCUT2D eigenvalue weighted by Crippen LogP contribution is 2.25. The first-order valence-electron chi connectivity index (χ1n) is 12.8. The van der Waals surface area contributed by atoms with Gasteiger partial charge in [-0.15, -0.1) is 0 Å². The summed E-state index contributed by atoms with van der Waals surface area (Å²) in [5.41, 5.74) is 2.75. The zero-order valence-electron chi connectivity index (χ0n) is 20.9. The number of nitrogens with one attached hydrogen (secondary N) is 2. The van der Waals surface area contributed by atoms with Gasteiger partial charge in [-0.25, -0.2) is 14.8 Å². The van der Waals surface area contributed by atoms with Gasteiger partial charge in [-0.05, 0) is 70.6 Å². The number of likely N-dealkylation sites (N-methyl/N-ethyl adjacent to an activating group) is 1. The molecule has 3 fully saturated rings. The van der Waals surface area contributed by atoms with E-state index in [0.29, 0.717) is 19.3 Å². The van der Waals surface area contributed by atoms with Gasteiger partial charge < -0.3 is 25.2 Å². The van der Waals surface area contributed by atoms with Gasteiger partial charge in [0.2, 0.25) is 0 Å². The number of carbonyl (C=O) groups excluding carboxylic acids is 1. The first-order valence-corrected chi connectivity index (χ1v) is 12.8. The van der Waals surface area contributed by atoms with Crippen molar-refractivity contribution in [3.63, 3.8) is 0 Å². The Morgan fingerprint density at radius 1 is 1.09 bits per heavy atom. The molecule has 0 bridgehead atoms. The number of carbonyl (C=O) groups is 1. The molecule has 3 aliphatic rings. The minimum atomic E-state index is -0.148. The van der Waals surface area contributed by atoms with E-state index in [2.05, 4.69) is 45.4 Å². The van der Waals surface area contributed by atoms with Gasteiger partial charge in [0.25, 0.3) is 0 Å². The van der Waals surface area contributed by atoms with E-state index in [1.807, 2.05) is 24.3 Å². The quantitative estimate of drug-likeness (QED) is 0.659. The van der Waals surface area contributed by atoms with Crippen molar-refractivity contribution in [2.45, 2.75) is 44.8 Å². The summed E-state index contributed by atoms with van der Waals surface area (Å²) in [6.07, 6.45) is 3.31. The summed E-state index contributed by atoms with van der Waals surface area (Å²) in [4.78, 5) is 29.2. The summed E-state index contributed by atoms with van der Waals surface area (Å²) >= 11 is 0. The molecule has 188 valence electrons. The first kappa shape index (κ1) is 24.0. The molecule has 1 atom stereocenters. The number of benzene rings is 1. The molecule has 1 aliphatic carbocycles.